The molecule has 0 radical (unpaired) electrons. The molecule has 128 valence electrons. The number of nitrogens with one attached hydrogen (secondary N) is 1. The van der Waals surface area contributed by atoms with E-state index in [2.05, 4.69) is 100 Å². The normalized spacial score (nSPS) is 11.0. The summed E-state index contributed by atoms with van der Waals surface area (Å²) in [4.78, 5) is 0. The van der Waals surface area contributed by atoms with Crippen molar-refractivity contribution in [2.24, 2.45) is 0 Å². The van der Waals surface area contributed by atoms with Crippen molar-refractivity contribution in [3.63, 3.8) is 0 Å². The van der Waals surface area contributed by atoms with Gasteiger partial charge < -0.3 is 0 Å². The molecule has 0 aliphatic rings. The molecule has 0 bridgehead atoms. The van der Waals surface area contributed by atoms with Crippen LogP contribution in [0.3, 0.4) is 0 Å². The summed E-state index contributed by atoms with van der Waals surface area (Å²) in [6, 6.07) is 33.4. The smallest absolute Gasteiger partial charge is 0.121 e. The van der Waals surface area contributed by atoms with E-state index in [-0.39, 0.29) is 0 Å². The number of nitrogens with zero attached hydrogens (tertiary/aromatic N) is 2. The molecule has 5 aromatic rings. The first-order chi connectivity index (χ1) is 13.4. The molecule has 4 aromatic carbocycles. The molecule has 1 heterocycles. The molecule has 0 aliphatic heterocycles. The lowest BCUT2D eigenvalue weighted by Crippen LogP contribution is -1.89. The summed E-state index contributed by atoms with van der Waals surface area (Å²) in [5.74, 6) is 0. The minimum absolute atomic E-state index is 0.866. The van der Waals surface area contributed by atoms with Gasteiger partial charge in [0, 0.05) is 11.1 Å². The van der Waals surface area contributed by atoms with Crippen LogP contribution in [0.25, 0.3) is 44.4 Å². The van der Waals surface area contributed by atoms with Crippen LogP contribution < -0.4 is 0 Å². The van der Waals surface area contributed by atoms with Crippen molar-refractivity contribution in [2.45, 2.75) is 0 Å². The van der Waals surface area contributed by atoms with Gasteiger partial charge in [-0.15, -0.1) is 0 Å². The molecule has 3 nitrogen and oxygen atoms in total. The Hall–Kier alpha value is -3.72. The maximum absolute atomic E-state index is 4.52. The van der Waals surface area contributed by atoms with Gasteiger partial charge in [-0.1, -0.05) is 97.1 Å². The topological polar surface area (TPSA) is 41.6 Å². The SMILES string of the molecule is c1ccc(-c2ccccc2-c2n[nH]nc2-c2cccc3ccccc23)cc1. The van der Waals surface area contributed by atoms with Crippen LogP contribution in [0.5, 0.6) is 0 Å². The number of rotatable bonds is 3. The third-order valence-corrected chi connectivity index (χ3v) is 4.86. The maximum Gasteiger partial charge on any atom is 0.121 e. The predicted molar refractivity (Wildman–Crippen MR) is 110 cm³/mol. The highest BCUT2D eigenvalue weighted by Crippen LogP contribution is 2.37. The third-order valence-electron chi connectivity index (χ3n) is 4.86. The predicted octanol–water partition coefficient (Wildman–Crippen LogP) is 5.96. The fourth-order valence-electron chi connectivity index (χ4n) is 3.60. The number of hydrogen-bond acceptors (Lipinski definition) is 2. The Kier molecular flexibility index (Phi) is 3.76. The average molecular weight is 347 g/mol. The Morgan fingerprint density at radius 2 is 1.07 bits per heavy atom. The highest BCUT2D eigenvalue weighted by Gasteiger charge is 2.17. The summed E-state index contributed by atoms with van der Waals surface area (Å²) >= 11 is 0. The summed E-state index contributed by atoms with van der Waals surface area (Å²) in [6.45, 7) is 0. The second-order valence-electron chi connectivity index (χ2n) is 6.46. The number of hydrogen-bond donors (Lipinski definition) is 1. The lowest BCUT2D eigenvalue weighted by molar-refractivity contribution is 0.944. The van der Waals surface area contributed by atoms with Crippen molar-refractivity contribution in [1.82, 2.24) is 15.4 Å². The molecule has 1 N–H and O–H groups in total. The molecule has 0 spiro atoms. The number of H-pyrrole nitrogens is 1. The third kappa shape index (κ3) is 2.70. The van der Waals surface area contributed by atoms with Crippen LogP contribution in [0.15, 0.2) is 97.1 Å². The van der Waals surface area contributed by atoms with Gasteiger partial charge in [0.1, 0.15) is 11.4 Å². The van der Waals surface area contributed by atoms with Crippen molar-refractivity contribution in [2.75, 3.05) is 0 Å². The average Bonchev–Trinajstić information content (AvgIpc) is 3.23. The molecule has 0 fully saturated rings. The van der Waals surface area contributed by atoms with Crippen LogP contribution >= 0.6 is 0 Å². The zero-order chi connectivity index (χ0) is 18.1. The van der Waals surface area contributed by atoms with Crippen molar-refractivity contribution in [1.29, 1.82) is 0 Å². The highest BCUT2D eigenvalue weighted by molar-refractivity contribution is 5.99. The quantitative estimate of drug-likeness (QED) is 0.437. The van der Waals surface area contributed by atoms with Crippen LogP contribution in [0.2, 0.25) is 0 Å². The minimum Gasteiger partial charge on any atom is -0.197 e. The Bertz CT molecular complexity index is 1220. The lowest BCUT2D eigenvalue weighted by Gasteiger charge is -2.10. The van der Waals surface area contributed by atoms with Gasteiger partial charge >= 0.3 is 0 Å². The van der Waals surface area contributed by atoms with Gasteiger partial charge in [0.2, 0.25) is 0 Å². The summed E-state index contributed by atoms with van der Waals surface area (Å²) in [5.41, 5.74) is 6.20. The van der Waals surface area contributed by atoms with Crippen LogP contribution in [0.1, 0.15) is 0 Å². The first kappa shape index (κ1) is 15.5. The summed E-state index contributed by atoms with van der Waals surface area (Å²) in [6.07, 6.45) is 0. The van der Waals surface area contributed by atoms with E-state index < -0.39 is 0 Å². The Labute approximate surface area is 157 Å². The number of benzene rings is 4. The van der Waals surface area contributed by atoms with Crippen LogP contribution in [-0.2, 0) is 0 Å². The van der Waals surface area contributed by atoms with E-state index in [0.29, 0.717) is 0 Å². The van der Waals surface area contributed by atoms with Crippen LogP contribution in [0, 0.1) is 0 Å². The first-order valence-electron chi connectivity index (χ1n) is 8.95. The van der Waals surface area contributed by atoms with Gasteiger partial charge in [-0.25, -0.2) is 0 Å². The van der Waals surface area contributed by atoms with Gasteiger partial charge in [-0.2, -0.15) is 15.4 Å². The summed E-state index contributed by atoms with van der Waals surface area (Å²) < 4.78 is 0. The standard InChI is InChI=1S/C24H17N3/c1-2-9-17(10-3-1)19-14-6-7-15-21(19)23-24(26-27-25-23)22-16-8-12-18-11-4-5-13-20(18)22/h1-16H,(H,25,26,27). The molecule has 27 heavy (non-hydrogen) atoms. The van der Waals surface area contributed by atoms with Crippen molar-refractivity contribution >= 4 is 10.8 Å². The first-order valence-corrected chi connectivity index (χ1v) is 8.95. The molecule has 3 heteroatoms. The number of aromatic amines is 1. The van der Waals surface area contributed by atoms with Gasteiger partial charge in [0.15, 0.2) is 0 Å². The zero-order valence-electron chi connectivity index (χ0n) is 14.6. The van der Waals surface area contributed by atoms with Gasteiger partial charge in [-0.05, 0) is 21.9 Å². The van der Waals surface area contributed by atoms with Gasteiger partial charge in [-0.3, -0.25) is 0 Å². The summed E-state index contributed by atoms with van der Waals surface area (Å²) in [5, 5.41) is 14.2. The Balaban J connectivity index is 1.74. The van der Waals surface area contributed by atoms with E-state index >= 15 is 0 Å². The van der Waals surface area contributed by atoms with Crippen LogP contribution in [-0.4, -0.2) is 15.4 Å². The fraction of sp³-hybridized carbons (Fsp3) is 0. The molecular weight excluding hydrogens is 330 g/mol. The molecular formula is C24H17N3. The Morgan fingerprint density at radius 3 is 1.93 bits per heavy atom. The van der Waals surface area contributed by atoms with Crippen LogP contribution in [0.4, 0.5) is 0 Å². The number of fused-ring (bicyclic) bond motifs is 1. The monoisotopic (exact) mass is 347 g/mol. The number of aromatic nitrogens is 3. The molecule has 0 unspecified atom stereocenters. The summed E-state index contributed by atoms with van der Waals surface area (Å²) in [7, 11) is 0. The van der Waals surface area contributed by atoms with E-state index in [1.54, 1.807) is 0 Å². The highest BCUT2D eigenvalue weighted by atomic mass is 15.3. The molecule has 0 atom stereocenters. The van der Waals surface area contributed by atoms with E-state index in [9.17, 15) is 0 Å². The fourth-order valence-corrected chi connectivity index (χ4v) is 3.60. The van der Waals surface area contributed by atoms with Crippen molar-refractivity contribution < 1.29 is 0 Å². The zero-order valence-corrected chi connectivity index (χ0v) is 14.6. The van der Waals surface area contributed by atoms with Crippen molar-refractivity contribution in [3.8, 4) is 33.6 Å². The molecule has 5 rings (SSSR count). The van der Waals surface area contributed by atoms with E-state index in [0.717, 1.165) is 28.1 Å². The van der Waals surface area contributed by atoms with Gasteiger partial charge in [0.25, 0.3) is 0 Å². The maximum atomic E-state index is 4.52. The molecule has 1 aromatic heterocycles. The molecule has 0 saturated carbocycles. The Morgan fingerprint density at radius 1 is 0.481 bits per heavy atom. The second kappa shape index (κ2) is 6.54. The van der Waals surface area contributed by atoms with E-state index in [1.807, 2.05) is 12.1 Å². The van der Waals surface area contributed by atoms with Crippen molar-refractivity contribution in [3.05, 3.63) is 97.1 Å². The largest absolute Gasteiger partial charge is 0.197 e. The minimum atomic E-state index is 0.866. The molecule has 0 amide bonds. The van der Waals surface area contributed by atoms with E-state index in [4.69, 9.17) is 0 Å². The molecule has 0 saturated heterocycles. The van der Waals surface area contributed by atoms with E-state index in [1.165, 1.54) is 16.3 Å². The second-order valence-corrected chi connectivity index (χ2v) is 6.46. The molecule has 0 aliphatic carbocycles. The lowest BCUT2D eigenvalue weighted by atomic mass is 9.94. The van der Waals surface area contributed by atoms with Gasteiger partial charge in [0.05, 0.1) is 0 Å².